The molecular weight excluding hydrogens is 246 g/mol. The fourth-order valence-electron chi connectivity index (χ4n) is 1.20. The normalized spacial score (nSPS) is 10.4. The van der Waals surface area contributed by atoms with E-state index in [0.717, 1.165) is 10.1 Å². The number of aromatic nitrogens is 2. The summed E-state index contributed by atoms with van der Waals surface area (Å²) in [5.41, 5.74) is 1.18. The van der Waals surface area contributed by atoms with Crippen LogP contribution in [0.3, 0.4) is 0 Å². The highest BCUT2D eigenvalue weighted by Crippen LogP contribution is 2.12. The summed E-state index contributed by atoms with van der Waals surface area (Å²) in [7, 11) is 1.59. The number of halogens is 1. The first-order valence-electron chi connectivity index (χ1n) is 4.07. The molecule has 0 radical (unpaired) electrons. The molecule has 1 amide bonds. The molecule has 4 nitrogen and oxygen atoms in total. The molecule has 2 aromatic rings. The maximum Gasteiger partial charge on any atom is 0.271 e. The van der Waals surface area contributed by atoms with Crippen LogP contribution in [0.2, 0.25) is 0 Å². The van der Waals surface area contributed by atoms with Gasteiger partial charge in [-0.05, 0) is 28.1 Å². The van der Waals surface area contributed by atoms with E-state index in [2.05, 4.69) is 26.2 Å². The molecule has 0 aliphatic heterocycles. The highest BCUT2D eigenvalue weighted by molar-refractivity contribution is 9.10. The van der Waals surface area contributed by atoms with Gasteiger partial charge < -0.3 is 9.72 Å². The van der Waals surface area contributed by atoms with Crippen LogP contribution in [0.1, 0.15) is 10.5 Å². The molecule has 0 aliphatic rings. The molecule has 0 fully saturated rings. The first kappa shape index (κ1) is 9.21. The lowest BCUT2D eigenvalue weighted by atomic mass is 10.4. The number of carbonyl (C=O) groups is 1. The Balaban J connectivity index is 2.56. The summed E-state index contributed by atoms with van der Waals surface area (Å²) in [6.45, 7) is 0. The summed E-state index contributed by atoms with van der Waals surface area (Å²) in [5, 5.41) is 2.53. The van der Waals surface area contributed by atoms with Crippen LogP contribution in [0, 0.1) is 0 Å². The van der Waals surface area contributed by atoms with Gasteiger partial charge in [0, 0.05) is 23.9 Å². The third kappa shape index (κ3) is 1.50. The van der Waals surface area contributed by atoms with Crippen molar-refractivity contribution in [1.29, 1.82) is 0 Å². The van der Waals surface area contributed by atoms with Crippen LogP contribution < -0.4 is 5.32 Å². The first-order valence-corrected chi connectivity index (χ1v) is 4.86. The van der Waals surface area contributed by atoms with E-state index < -0.39 is 0 Å². The van der Waals surface area contributed by atoms with Gasteiger partial charge in [-0.25, -0.2) is 4.98 Å². The number of amides is 1. The van der Waals surface area contributed by atoms with Crippen molar-refractivity contribution in [3.63, 3.8) is 0 Å². The number of imidazole rings is 1. The second kappa shape index (κ2) is 3.42. The van der Waals surface area contributed by atoms with Gasteiger partial charge in [0.05, 0.1) is 0 Å². The summed E-state index contributed by atoms with van der Waals surface area (Å²) in [5.74, 6) is -0.176. The predicted molar refractivity (Wildman–Crippen MR) is 56.3 cm³/mol. The van der Waals surface area contributed by atoms with Crippen molar-refractivity contribution in [2.75, 3.05) is 7.05 Å². The Hall–Kier alpha value is -1.36. The largest absolute Gasteiger partial charge is 0.354 e. The first-order chi connectivity index (χ1) is 6.70. The van der Waals surface area contributed by atoms with Gasteiger partial charge in [-0.1, -0.05) is 0 Å². The van der Waals surface area contributed by atoms with Crippen LogP contribution in [0.5, 0.6) is 0 Å². The summed E-state index contributed by atoms with van der Waals surface area (Å²) in [4.78, 5) is 15.4. The number of carbonyl (C=O) groups excluding carboxylic acids is 1. The number of pyridine rings is 1. The van der Waals surface area contributed by atoms with Crippen LogP contribution in [-0.2, 0) is 0 Å². The zero-order chi connectivity index (χ0) is 10.1. The number of nitrogens with one attached hydrogen (secondary N) is 1. The van der Waals surface area contributed by atoms with E-state index in [9.17, 15) is 4.79 Å². The third-order valence-corrected chi connectivity index (χ3v) is 2.34. The van der Waals surface area contributed by atoms with Gasteiger partial charge in [-0.3, -0.25) is 4.79 Å². The molecule has 0 saturated carbocycles. The van der Waals surface area contributed by atoms with Crippen molar-refractivity contribution in [2.24, 2.45) is 0 Å². The van der Waals surface area contributed by atoms with Gasteiger partial charge in [0.2, 0.25) is 0 Å². The minimum absolute atomic E-state index is 0.176. The van der Waals surface area contributed by atoms with Crippen molar-refractivity contribution in [2.45, 2.75) is 0 Å². The molecule has 14 heavy (non-hydrogen) atoms. The molecule has 5 heteroatoms. The van der Waals surface area contributed by atoms with Crippen molar-refractivity contribution in [1.82, 2.24) is 14.7 Å². The fourth-order valence-corrected chi connectivity index (χ4v) is 1.55. The molecule has 0 spiro atoms. The highest BCUT2D eigenvalue weighted by Gasteiger charge is 2.07. The maximum absolute atomic E-state index is 11.3. The molecular formula is C9H8BrN3O. The minimum Gasteiger partial charge on any atom is -0.354 e. The number of nitrogens with zero attached hydrogens (tertiary/aromatic N) is 2. The topological polar surface area (TPSA) is 46.4 Å². The Labute approximate surface area is 89.1 Å². The molecule has 0 aromatic carbocycles. The SMILES string of the molecule is CNC(=O)c1cn2cc(Br)ccc2n1. The predicted octanol–water partition coefficient (Wildman–Crippen LogP) is 1.46. The lowest BCUT2D eigenvalue weighted by molar-refractivity contribution is 0.0959. The second-order valence-electron chi connectivity index (χ2n) is 2.82. The lowest BCUT2D eigenvalue weighted by Crippen LogP contribution is -2.17. The van der Waals surface area contributed by atoms with Crippen molar-refractivity contribution >= 4 is 27.5 Å². The Morgan fingerprint density at radius 3 is 3.00 bits per heavy atom. The van der Waals surface area contributed by atoms with Crippen molar-refractivity contribution < 1.29 is 4.79 Å². The molecule has 0 bridgehead atoms. The molecule has 0 unspecified atom stereocenters. The van der Waals surface area contributed by atoms with Gasteiger partial charge in [-0.2, -0.15) is 0 Å². The number of fused-ring (bicyclic) bond motifs is 1. The molecule has 0 atom stereocenters. The van der Waals surface area contributed by atoms with Crippen LogP contribution in [0.4, 0.5) is 0 Å². The monoisotopic (exact) mass is 253 g/mol. The summed E-state index contributed by atoms with van der Waals surface area (Å²) >= 11 is 3.35. The Bertz CT molecular complexity index is 492. The summed E-state index contributed by atoms with van der Waals surface area (Å²) in [6.07, 6.45) is 3.55. The average Bonchev–Trinajstić information content (AvgIpc) is 2.59. The van der Waals surface area contributed by atoms with E-state index in [-0.39, 0.29) is 5.91 Å². The van der Waals surface area contributed by atoms with Crippen molar-refractivity contribution in [3.8, 4) is 0 Å². The molecule has 72 valence electrons. The molecule has 1 N–H and O–H groups in total. The maximum atomic E-state index is 11.3. The van der Waals surface area contributed by atoms with Crippen LogP contribution in [-0.4, -0.2) is 22.3 Å². The molecule has 0 saturated heterocycles. The number of hydrogen-bond donors (Lipinski definition) is 1. The van der Waals surface area contributed by atoms with E-state index in [1.165, 1.54) is 0 Å². The van der Waals surface area contributed by atoms with Gasteiger partial charge >= 0.3 is 0 Å². The third-order valence-electron chi connectivity index (χ3n) is 1.87. The summed E-state index contributed by atoms with van der Waals surface area (Å²) in [6, 6.07) is 3.73. The highest BCUT2D eigenvalue weighted by atomic mass is 79.9. The second-order valence-corrected chi connectivity index (χ2v) is 3.73. The Morgan fingerprint density at radius 2 is 2.29 bits per heavy atom. The Kier molecular flexibility index (Phi) is 2.25. The average molecular weight is 254 g/mol. The van der Waals surface area contributed by atoms with Crippen LogP contribution in [0.15, 0.2) is 29.0 Å². The zero-order valence-electron chi connectivity index (χ0n) is 7.49. The molecule has 2 aromatic heterocycles. The molecule has 2 heterocycles. The minimum atomic E-state index is -0.176. The van der Waals surface area contributed by atoms with Gasteiger partial charge in [0.25, 0.3) is 5.91 Å². The summed E-state index contributed by atoms with van der Waals surface area (Å²) < 4.78 is 2.75. The van der Waals surface area contributed by atoms with Crippen LogP contribution in [0.25, 0.3) is 5.65 Å². The van der Waals surface area contributed by atoms with E-state index in [0.29, 0.717) is 5.69 Å². The van der Waals surface area contributed by atoms with E-state index >= 15 is 0 Å². The lowest BCUT2D eigenvalue weighted by Gasteiger charge is -1.91. The molecule has 2 rings (SSSR count). The van der Waals surface area contributed by atoms with E-state index in [1.807, 2.05) is 18.3 Å². The van der Waals surface area contributed by atoms with Gasteiger partial charge in [0.15, 0.2) is 0 Å². The quantitative estimate of drug-likeness (QED) is 0.837. The molecule has 0 aliphatic carbocycles. The zero-order valence-corrected chi connectivity index (χ0v) is 9.08. The fraction of sp³-hybridized carbons (Fsp3) is 0.111. The number of rotatable bonds is 1. The Morgan fingerprint density at radius 1 is 1.50 bits per heavy atom. The standard InChI is InChI=1S/C9H8BrN3O/c1-11-9(14)7-5-13-4-6(10)2-3-8(13)12-7/h2-5H,1H3,(H,11,14). The number of hydrogen-bond acceptors (Lipinski definition) is 2. The van der Waals surface area contributed by atoms with Gasteiger partial charge in [0.1, 0.15) is 11.3 Å². The van der Waals surface area contributed by atoms with Crippen LogP contribution >= 0.6 is 15.9 Å². The van der Waals surface area contributed by atoms with Crippen molar-refractivity contribution in [3.05, 3.63) is 34.7 Å². The van der Waals surface area contributed by atoms with Gasteiger partial charge in [-0.15, -0.1) is 0 Å². The smallest absolute Gasteiger partial charge is 0.271 e. The van der Waals surface area contributed by atoms with E-state index in [4.69, 9.17) is 0 Å². The van der Waals surface area contributed by atoms with E-state index in [1.54, 1.807) is 17.6 Å².